The Morgan fingerprint density at radius 3 is 2.33 bits per heavy atom. The van der Waals surface area contributed by atoms with Gasteiger partial charge in [0.05, 0.1) is 6.42 Å². The Kier molecular flexibility index (Phi) is 4.72. The van der Waals surface area contributed by atoms with Gasteiger partial charge in [0.15, 0.2) is 0 Å². The van der Waals surface area contributed by atoms with Crippen LogP contribution in [-0.2, 0) is 4.79 Å². The Balaban J connectivity index is 2.74. The summed E-state index contributed by atoms with van der Waals surface area (Å²) in [7, 11) is 0. The van der Waals surface area contributed by atoms with E-state index in [4.69, 9.17) is 5.11 Å². The van der Waals surface area contributed by atoms with Gasteiger partial charge in [0.25, 0.3) is 0 Å². The van der Waals surface area contributed by atoms with Crippen LogP contribution in [0.25, 0.3) is 0 Å². The predicted octanol–water partition coefficient (Wildman–Crippen LogP) is 2.74. The van der Waals surface area contributed by atoms with Gasteiger partial charge in [0, 0.05) is 6.04 Å². The van der Waals surface area contributed by atoms with Crippen molar-refractivity contribution in [3.05, 3.63) is 35.9 Å². The third kappa shape index (κ3) is 4.75. The Labute approximate surface area is 103 Å². The van der Waals surface area contributed by atoms with Gasteiger partial charge >= 0.3 is 12.1 Å². The minimum atomic E-state index is -4.31. The summed E-state index contributed by atoms with van der Waals surface area (Å²) < 4.78 is 36.5. The second-order valence-corrected chi connectivity index (χ2v) is 4.07. The lowest BCUT2D eigenvalue weighted by atomic mass is 10.1. The fourth-order valence-electron chi connectivity index (χ4n) is 1.65. The van der Waals surface area contributed by atoms with Gasteiger partial charge in [-0.2, -0.15) is 13.2 Å². The van der Waals surface area contributed by atoms with Crippen LogP contribution in [0.5, 0.6) is 0 Å². The van der Waals surface area contributed by atoms with Crippen molar-refractivity contribution in [1.29, 1.82) is 0 Å². The van der Waals surface area contributed by atoms with Crippen molar-refractivity contribution in [3.63, 3.8) is 0 Å². The molecule has 0 saturated heterocycles. The highest BCUT2D eigenvalue weighted by molar-refractivity contribution is 5.75. The first-order valence-electron chi connectivity index (χ1n) is 5.40. The third-order valence-electron chi connectivity index (χ3n) is 2.37. The fraction of sp³-hybridized carbons (Fsp3) is 0.417. The molecule has 0 spiro atoms. The molecule has 18 heavy (non-hydrogen) atoms. The number of aliphatic carboxylic acids is 1. The molecular formula is C12H14F3NO2. The van der Waals surface area contributed by atoms with Gasteiger partial charge in [-0.1, -0.05) is 30.3 Å². The third-order valence-corrected chi connectivity index (χ3v) is 2.37. The number of carboxylic acids is 1. The Morgan fingerprint density at radius 2 is 1.89 bits per heavy atom. The zero-order valence-corrected chi connectivity index (χ0v) is 9.74. The lowest BCUT2D eigenvalue weighted by molar-refractivity contribution is -0.145. The average Bonchev–Trinajstić information content (AvgIpc) is 2.24. The largest absolute Gasteiger partial charge is 0.480 e. The number of hydrogen-bond acceptors (Lipinski definition) is 2. The molecule has 0 aliphatic carbocycles. The van der Waals surface area contributed by atoms with E-state index in [1.54, 1.807) is 30.3 Å². The number of rotatable bonds is 5. The summed E-state index contributed by atoms with van der Waals surface area (Å²) in [6.07, 6.45) is -5.38. The Morgan fingerprint density at radius 1 is 1.33 bits per heavy atom. The number of halogens is 3. The summed E-state index contributed by atoms with van der Waals surface area (Å²) in [5, 5.41) is 11.5. The molecule has 0 heterocycles. The molecule has 0 aliphatic heterocycles. The van der Waals surface area contributed by atoms with Gasteiger partial charge in [0.2, 0.25) is 0 Å². The van der Waals surface area contributed by atoms with Gasteiger partial charge < -0.3 is 5.11 Å². The summed E-state index contributed by atoms with van der Waals surface area (Å²) in [6, 6.07) is 6.01. The van der Waals surface area contributed by atoms with Crippen LogP contribution in [0.1, 0.15) is 24.9 Å². The van der Waals surface area contributed by atoms with Crippen LogP contribution in [0, 0.1) is 0 Å². The molecule has 0 aromatic heterocycles. The molecule has 1 rings (SSSR count). The van der Waals surface area contributed by atoms with Gasteiger partial charge in [-0.3, -0.25) is 10.1 Å². The summed E-state index contributed by atoms with van der Waals surface area (Å²) in [5.41, 5.74) is 0.430. The van der Waals surface area contributed by atoms with Crippen LogP contribution in [0.2, 0.25) is 0 Å². The standard InChI is InChI=1S/C12H14F3NO2/c1-8(7-12(13,14)15)16-10(11(17)18)9-5-3-2-4-6-9/h2-6,8,10,16H,7H2,1H3,(H,17,18). The van der Waals surface area contributed by atoms with Crippen LogP contribution in [0.15, 0.2) is 30.3 Å². The van der Waals surface area contributed by atoms with E-state index in [0.29, 0.717) is 5.56 Å². The van der Waals surface area contributed by atoms with Gasteiger partial charge in [0.1, 0.15) is 6.04 Å². The molecule has 1 aromatic carbocycles. The monoisotopic (exact) mass is 261 g/mol. The molecule has 0 fully saturated rings. The highest BCUT2D eigenvalue weighted by Gasteiger charge is 2.32. The zero-order valence-electron chi connectivity index (χ0n) is 9.74. The van der Waals surface area contributed by atoms with Gasteiger partial charge in [-0.25, -0.2) is 0 Å². The SMILES string of the molecule is CC(CC(F)(F)F)NC(C(=O)O)c1ccccc1. The topological polar surface area (TPSA) is 49.3 Å². The second-order valence-electron chi connectivity index (χ2n) is 4.07. The molecule has 6 heteroatoms. The minimum absolute atomic E-state index is 0.430. The highest BCUT2D eigenvalue weighted by Crippen LogP contribution is 2.23. The van der Waals surface area contributed by atoms with Crippen LogP contribution in [-0.4, -0.2) is 23.3 Å². The Hall–Kier alpha value is -1.56. The van der Waals surface area contributed by atoms with Gasteiger partial charge in [-0.05, 0) is 12.5 Å². The van der Waals surface area contributed by atoms with Crippen molar-refractivity contribution >= 4 is 5.97 Å². The average molecular weight is 261 g/mol. The number of alkyl halides is 3. The van der Waals surface area contributed by atoms with Crippen molar-refractivity contribution in [2.75, 3.05) is 0 Å². The smallest absolute Gasteiger partial charge is 0.390 e. The number of nitrogens with one attached hydrogen (secondary N) is 1. The predicted molar refractivity (Wildman–Crippen MR) is 60.1 cm³/mol. The minimum Gasteiger partial charge on any atom is -0.480 e. The fourth-order valence-corrected chi connectivity index (χ4v) is 1.65. The van der Waals surface area contributed by atoms with E-state index in [-0.39, 0.29) is 0 Å². The number of benzene rings is 1. The molecule has 2 unspecified atom stereocenters. The van der Waals surface area contributed by atoms with E-state index in [0.717, 1.165) is 0 Å². The van der Waals surface area contributed by atoms with Crippen molar-refractivity contribution in [1.82, 2.24) is 5.32 Å². The van der Waals surface area contributed by atoms with Crippen molar-refractivity contribution < 1.29 is 23.1 Å². The highest BCUT2D eigenvalue weighted by atomic mass is 19.4. The summed E-state index contributed by atoms with van der Waals surface area (Å²) in [6.45, 7) is 1.31. The normalized spacial score (nSPS) is 15.1. The molecule has 2 atom stereocenters. The molecule has 0 radical (unpaired) electrons. The van der Waals surface area contributed by atoms with Crippen LogP contribution in [0.4, 0.5) is 13.2 Å². The lowest BCUT2D eigenvalue weighted by Gasteiger charge is -2.21. The quantitative estimate of drug-likeness (QED) is 0.856. The lowest BCUT2D eigenvalue weighted by Crippen LogP contribution is -2.37. The van der Waals surface area contributed by atoms with Crippen molar-refractivity contribution in [2.45, 2.75) is 31.6 Å². The first-order chi connectivity index (χ1) is 8.29. The van der Waals surface area contributed by atoms with E-state index in [2.05, 4.69) is 5.32 Å². The van der Waals surface area contributed by atoms with E-state index in [9.17, 15) is 18.0 Å². The molecule has 100 valence electrons. The van der Waals surface area contributed by atoms with E-state index in [1.807, 2.05) is 0 Å². The zero-order chi connectivity index (χ0) is 13.8. The molecule has 2 N–H and O–H groups in total. The molecule has 0 saturated carbocycles. The molecule has 1 aromatic rings. The van der Waals surface area contributed by atoms with Crippen molar-refractivity contribution in [3.8, 4) is 0 Å². The first-order valence-corrected chi connectivity index (χ1v) is 5.40. The molecule has 0 bridgehead atoms. The van der Waals surface area contributed by atoms with E-state index >= 15 is 0 Å². The Bertz CT molecular complexity index is 392. The molecule has 0 aliphatic rings. The second kappa shape index (κ2) is 5.86. The molecule has 3 nitrogen and oxygen atoms in total. The van der Waals surface area contributed by atoms with Crippen LogP contribution < -0.4 is 5.32 Å². The molecule has 0 amide bonds. The summed E-state index contributed by atoms with van der Waals surface area (Å²) >= 11 is 0. The maximum atomic E-state index is 12.2. The summed E-state index contributed by atoms with van der Waals surface area (Å²) in [5.74, 6) is -1.20. The molecular weight excluding hydrogens is 247 g/mol. The first kappa shape index (κ1) is 14.5. The van der Waals surface area contributed by atoms with E-state index < -0.39 is 30.7 Å². The number of carbonyl (C=O) groups is 1. The van der Waals surface area contributed by atoms with Crippen LogP contribution in [0.3, 0.4) is 0 Å². The maximum Gasteiger partial charge on any atom is 0.390 e. The van der Waals surface area contributed by atoms with Crippen molar-refractivity contribution in [2.24, 2.45) is 0 Å². The van der Waals surface area contributed by atoms with Crippen LogP contribution >= 0.6 is 0 Å². The maximum absolute atomic E-state index is 12.2. The van der Waals surface area contributed by atoms with E-state index in [1.165, 1.54) is 6.92 Å². The summed E-state index contributed by atoms with van der Waals surface area (Å²) in [4.78, 5) is 11.1. The number of carboxylic acid groups (broad SMARTS) is 1. The number of hydrogen-bond donors (Lipinski definition) is 2. The van der Waals surface area contributed by atoms with Gasteiger partial charge in [-0.15, -0.1) is 0 Å².